The van der Waals surface area contributed by atoms with Crippen LogP contribution in [0, 0.1) is 0 Å². The number of aliphatic hydroxyl groups is 1. The Balaban J connectivity index is 1.93. The summed E-state index contributed by atoms with van der Waals surface area (Å²) in [6.45, 7) is 1.05. The summed E-state index contributed by atoms with van der Waals surface area (Å²) in [7, 11) is 3.91. The Morgan fingerprint density at radius 3 is 3.06 bits per heavy atom. The van der Waals surface area contributed by atoms with Gasteiger partial charge < -0.3 is 5.11 Å². The molecule has 0 saturated carbocycles. The van der Waals surface area contributed by atoms with E-state index in [4.69, 9.17) is 0 Å². The molecule has 16 heavy (non-hydrogen) atoms. The minimum absolute atomic E-state index is 0.237. The molecule has 1 aliphatic heterocycles. The van der Waals surface area contributed by atoms with E-state index in [2.05, 4.69) is 22.3 Å². The molecule has 5 nitrogen and oxygen atoms in total. The van der Waals surface area contributed by atoms with Gasteiger partial charge in [0.15, 0.2) is 0 Å². The lowest BCUT2D eigenvalue weighted by Crippen LogP contribution is -2.47. The van der Waals surface area contributed by atoms with E-state index in [-0.39, 0.29) is 12.1 Å². The van der Waals surface area contributed by atoms with Crippen LogP contribution in [0.4, 0.5) is 0 Å². The van der Waals surface area contributed by atoms with Crippen LogP contribution in [-0.2, 0) is 13.5 Å². The molecule has 0 aliphatic carbocycles. The summed E-state index contributed by atoms with van der Waals surface area (Å²) < 4.78 is 1.67. The van der Waals surface area contributed by atoms with Crippen LogP contribution in [-0.4, -0.2) is 62.2 Å². The minimum atomic E-state index is -0.352. The zero-order valence-corrected chi connectivity index (χ0v) is 10.5. The fourth-order valence-electron chi connectivity index (χ4n) is 1.95. The lowest BCUT2D eigenvalue weighted by molar-refractivity contribution is 0.0756. The van der Waals surface area contributed by atoms with Crippen LogP contribution in [0.5, 0.6) is 0 Å². The molecule has 0 amide bonds. The van der Waals surface area contributed by atoms with Crippen molar-refractivity contribution in [3.05, 3.63) is 11.9 Å². The number of hydrogen-bond donors (Lipinski definition) is 1. The van der Waals surface area contributed by atoms with E-state index in [1.54, 1.807) is 4.68 Å². The van der Waals surface area contributed by atoms with Gasteiger partial charge in [0.05, 0.1) is 11.8 Å². The topological polar surface area (TPSA) is 54.2 Å². The number of rotatable bonds is 3. The van der Waals surface area contributed by atoms with Gasteiger partial charge in [-0.2, -0.15) is 11.8 Å². The van der Waals surface area contributed by atoms with E-state index in [1.807, 2.05) is 25.0 Å². The van der Waals surface area contributed by atoms with E-state index in [1.165, 1.54) is 0 Å². The van der Waals surface area contributed by atoms with Crippen LogP contribution >= 0.6 is 11.8 Å². The number of thioether (sulfide) groups is 1. The summed E-state index contributed by atoms with van der Waals surface area (Å²) in [5.74, 6) is 2.16. The molecule has 0 spiro atoms. The molecule has 2 rings (SSSR count). The molecule has 1 saturated heterocycles. The molecule has 6 heteroatoms. The summed E-state index contributed by atoms with van der Waals surface area (Å²) in [6, 6.07) is 0.237. The van der Waals surface area contributed by atoms with Crippen molar-refractivity contribution in [2.24, 2.45) is 7.05 Å². The molecule has 1 fully saturated rings. The quantitative estimate of drug-likeness (QED) is 0.793. The van der Waals surface area contributed by atoms with Crippen LogP contribution in [0.25, 0.3) is 0 Å². The third-order valence-electron chi connectivity index (χ3n) is 2.96. The summed E-state index contributed by atoms with van der Waals surface area (Å²) in [5.41, 5.74) is 0.860. The Morgan fingerprint density at radius 1 is 1.62 bits per heavy atom. The molecule has 1 N–H and O–H groups in total. The zero-order chi connectivity index (χ0) is 11.5. The van der Waals surface area contributed by atoms with Crippen LogP contribution < -0.4 is 0 Å². The third kappa shape index (κ3) is 2.75. The lowest BCUT2D eigenvalue weighted by atomic mass is 10.1. The first kappa shape index (κ1) is 11.9. The van der Waals surface area contributed by atoms with Gasteiger partial charge in [-0.15, -0.1) is 5.10 Å². The third-order valence-corrected chi connectivity index (χ3v) is 4.00. The second kappa shape index (κ2) is 5.16. The number of hydrogen-bond acceptors (Lipinski definition) is 5. The van der Waals surface area contributed by atoms with Crippen LogP contribution in [0.15, 0.2) is 6.20 Å². The van der Waals surface area contributed by atoms with Crippen molar-refractivity contribution < 1.29 is 5.11 Å². The fraction of sp³-hybridized carbons (Fsp3) is 0.800. The normalized spacial score (nSPS) is 24.6. The average Bonchev–Trinajstić information content (AvgIpc) is 2.64. The maximum absolute atomic E-state index is 10.2. The lowest BCUT2D eigenvalue weighted by Gasteiger charge is -2.35. The molecule has 1 aromatic rings. The summed E-state index contributed by atoms with van der Waals surface area (Å²) >= 11 is 1.91. The SMILES string of the molecule is CN1CCSCC1C(O)Cc1cn(C)nn1. The van der Waals surface area contributed by atoms with Gasteiger partial charge in [-0.1, -0.05) is 5.21 Å². The number of aryl methyl sites for hydroxylation is 1. The van der Waals surface area contributed by atoms with Gasteiger partial charge in [-0.25, -0.2) is 0 Å². The maximum atomic E-state index is 10.2. The molecule has 2 unspecified atom stereocenters. The molecular formula is C10H18N4OS. The van der Waals surface area contributed by atoms with Crippen molar-refractivity contribution in [3.8, 4) is 0 Å². The van der Waals surface area contributed by atoms with Gasteiger partial charge in [-0.05, 0) is 7.05 Å². The first-order valence-corrected chi connectivity index (χ1v) is 6.63. The standard InChI is InChI=1S/C10H18N4OS/c1-13-3-4-16-7-9(13)10(15)5-8-6-14(2)12-11-8/h6,9-10,15H,3-5,7H2,1-2H3. The van der Waals surface area contributed by atoms with Gasteiger partial charge in [0.2, 0.25) is 0 Å². The number of likely N-dealkylation sites (N-methyl/N-ethyl adjacent to an activating group) is 1. The second-order valence-electron chi connectivity index (χ2n) is 4.28. The molecule has 1 aromatic heterocycles. The van der Waals surface area contributed by atoms with Gasteiger partial charge in [-0.3, -0.25) is 9.58 Å². The van der Waals surface area contributed by atoms with Crippen molar-refractivity contribution >= 4 is 11.8 Å². The summed E-state index contributed by atoms with van der Waals surface area (Å²) in [4.78, 5) is 2.23. The van der Waals surface area contributed by atoms with E-state index >= 15 is 0 Å². The van der Waals surface area contributed by atoms with Crippen molar-refractivity contribution in [2.75, 3.05) is 25.1 Å². The van der Waals surface area contributed by atoms with E-state index in [9.17, 15) is 5.11 Å². The molecule has 0 aromatic carbocycles. The largest absolute Gasteiger partial charge is 0.391 e. The van der Waals surface area contributed by atoms with Gasteiger partial charge in [0.25, 0.3) is 0 Å². The van der Waals surface area contributed by atoms with Crippen LogP contribution in [0.1, 0.15) is 5.69 Å². The Kier molecular flexibility index (Phi) is 3.83. The van der Waals surface area contributed by atoms with Crippen molar-refractivity contribution in [2.45, 2.75) is 18.6 Å². The highest BCUT2D eigenvalue weighted by molar-refractivity contribution is 7.99. The van der Waals surface area contributed by atoms with E-state index in [0.717, 1.165) is 23.7 Å². The minimum Gasteiger partial charge on any atom is -0.391 e. The van der Waals surface area contributed by atoms with E-state index < -0.39 is 0 Å². The second-order valence-corrected chi connectivity index (χ2v) is 5.43. The Morgan fingerprint density at radius 2 is 2.44 bits per heavy atom. The Bertz CT molecular complexity index is 343. The molecular weight excluding hydrogens is 224 g/mol. The molecule has 2 atom stereocenters. The summed E-state index contributed by atoms with van der Waals surface area (Å²) in [6.07, 6.45) is 2.09. The monoisotopic (exact) mass is 242 g/mol. The molecule has 1 aliphatic rings. The Hall–Kier alpha value is -0.590. The van der Waals surface area contributed by atoms with Crippen LogP contribution in [0.2, 0.25) is 0 Å². The molecule has 90 valence electrons. The van der Waals surface area contributed by atoms with Crippen molar-refractivity contribution in [3.63, 3.8) is 0 Å². The highest BCUT2D eigenvalue weighted by Gasteiger charge is 2.27. The molecule has 2 heterocycles. The predicted molar refractivity (Wildman–Crippen MR) is 64.5 cm³/mol. The van der Waals surface area contributed by atoms with E-state index in [0.29, 0.717) is 6.42 Å². The first-order valence-electron chi connectivity index (χ1n) is 5.48. The Labute approximate surface area is 99.8 Å². The molecule has 0 bridgehead atoms. The highest BCUT2D eigenvalue weighted by Crippen LogP contribution is 2.19. The van der Waals surface area contributed by atoms with Gasteiger partial charge >= 0.3 is 0 Å². The van der Waals surface area contributed by atoms with Gasteiger partial charge in [0.1, 0.15) is 0 Å². The average molecular weight is 242 g/mol. The van der Waals surface area contributed by atoms with Crippen molar-refractivity contribution in [1.82, 2.24) is 19.9 Å². The van der Waals surface area contributed by atoms with Crippen LogP contribution in [0.3, 0.4) is 0 Å². The van der Waals surface area contributed by atoms with Crippen molar-refractivity contribution in [1.29, 1.82) is 0 Å². The zero-order valence-electron chi connectivity index (χ0n) is 9.70. The molecule has 0 radical (unpaired) electrons. The maximum Gasteiger partial charge on any atom is 0.0853 e. The fourth-order valence-corrected chi connectivity index (χ4v) is 3.25. The number of nitrogens with zero attached hydrogens (tertiary/aromatic N) is 4. The highest BCUT2D eigenvalue weighted by atomic mass is 32.2. The summed E-state index contributed by atoms with van der Waals surface area (Å²) in [5, 5.41) is 18.0. The number of aliphatic hydroxyl groups excluding tert-OH is 1. The first-order chi connectivity index (χ1) is 7.66. The van der Waals surface area contributed by atoms with Gasteiger partial charge in [0, 0.05) is 43.8 Å². The predicted octanol–water partition coefficient (Wildman–Crippen LogP) is -0.234. The smallest absolute Gasteiger partial charge is 0.0853 e. The number of aromatic nitrogens is 3.